The molecule has 7 nitrogen and oxygen atoms in total. The smallest absolute Gasteiger partial charge is 0.243 e. The summed E-state index contributed by atoms with van der Waals surface area (Å²) in [7, 11) is -3.61. The molecule has 1 heterocycles. The van der Waals surface area contributed by atoms with Crippen LogP contribution in [0.1, 0.15) is 76.7 Å². The van der Waals surface area contributed by atoms with Crippen molar-refractivity contribution >= 4 is 27.5 Å². The Hall–Kier alpha value is -1.93. The van der Waals surface area contributed by atoms with E-state index < -0.39 is 15.4 Å². The van der Waals surface area contributed by atoms with Crippen LogP contribution in [0, 0.1) is 24.2 Å². The van der Waals surface area contributed by atoms with Gasteiger partial charge in [-0.3, -0.25) is 9.59 Å². The quantitative estimate of drug-likeness (QED) is 0.657. The number of carbonyl (C=O) groups excluding carboxylic acids is 2. The van der Waals surface area contributed by atoms with Gasteiger partial charge in [-0.15, -0.1) is 0 Å². The first-order valence-corrected chi connectivity index (χ1v) is 14.3. The number of hydrogen-bond donors (Lipinski definition) is 2. The van der Waals surface area contributed by atoms with Crippen molar-refractivity contribution in [1.29, 1.82) is 0 Å². The highest BCUT2D eigenvalue weighted by Gasteiger charge is 2.60. The second-order valence-corrected chi connectivity index (χ2v) is 13.4. The van der Waals surface area contributed by atoms with Crippen molar-refractivity contribution in [3.05, 3.63) is 23.8 Å². The third-order valence-electron chi connectivity index (χ3n) is 8.61. The number of sulfonamides is 1. The lowest BCUT2D eigenvalue weighted by atomic mass is 9.46. The molecule has 34 heavy (non-hydrogen) atoms. The van der Waals surface area contributed by atoms with Gasteiger partial charge in [0.05, 0.1) is 10.3 Å². The van der Waals surface area contributed by atoms with Crippen molar-refractivity contribution < 1.29 is 18.0 Å². The predicted octanol–water partition coefficient (Wildman–Crippen LogP) is 3.97. The maximum absolute atomic E-state index is 13.7. The Balaban J connectivity index is 1.39. The molecule has 0 spiro atoms. The first-order chi connectivity index (χ1) is 16.1. The summed E-state index contributed by atoms with van der Waals surface area (Å²) in [5.74, 6) is 0.851. The van der Waals surface area contributed by atoms with Gasteiger partial charge in [0.2, 0.25) is 21.8 Å². The van der Waals surface area contributed by atoms with Gasteiger partial charge in [-0.05, 0) is 87.8 Å². The van der Waals surface area contributed by atoms with Crippen LogP contribution in [-0.4, -0.2) is 43.2 Å². The Bertz CT molecular complexity index is 1080. The highest BCUT2D eigenvalue weighted by molar-refractivity contribution is 7.89. The Morgan fingerprint density at radius 2 is 1.65 bits per heavy atom. The van der Waals surface area contributed by atoms with Crippen LogP contribution in [0.4, 0.5) is 5.69 Å². The molecular formula is C26H37N3O4S. The summed E-state index contributed by atoms with van der Waals surface area (Å²) in [5.41, 5.74) is 0.457. The molecule has 8 heteroatoms. The van der Waals surface area contributed by atoms with Crippen LogP contribution in [0.3, 0.4) is 0 Å². The van der Waals surface area contributed by atoms with Gasteiger partial charge in [0.15, 0.2) is 0 Å². The summed E-state index contributed by atoms with van der Waals surface area (Å²) in [4.78, 5) is 25.9. The number of rotatable bonds is 5. The molecular weight excluding hydrogens is 450 g/mol. The number of anilines is 1. The molecule has 5 aliphatic rings. The van der Waals surface area contributed by atoms with Gasteiger partial charge in [-0.1, -0.05) is 18.9 Å². The fraction of sp³-hybridized carbons (Fsp3) is 0.692. The van der Waals surface area contributed by atoms with E-state index in [4.69, 9.17) is 0 Å². The normalized spacial score (nSPS) is 33.4. The molecule has 4 bridgehead atoms. The van der Waals surface area contributed by atoms with E-state index in [1.165, 1.54) is 0 Å². The average molecular weight is 488 g/mol. The number of amides is 2. The van der Waals surface area contributed by atoms with Gasteiger partial charge in [0.25, 0.3) is 0 Å². The highest BCUT2D eigenvalue weighted by atomic mass is 32.2. The Morgan fingerprint density at radius 1 is 1.00 bits per heavy atom. The molecule has 6 rings (SSSR count). The van der Waals surface area contributed by atoms with Crippen molar-refractivity contribution in [2.24, 2.45) is 17.3 Å². The van der Waals surface area contributed by atoms with E-state index in [1.807, 2.05) is 6.92 Å². The zero-order valence-corrected chi connectivity index (χ0v) is 21.2. The molecule has 2 atom stereocenters. The van der Waals surface area contributed by atoms with Crippen LogP contribution in [0.2, 0.25) is 0 Å². The van der Waals surface area contributed by atoms with Gasteiger partial charge >= 0.3 is 0 Å². The fourth-order valence-corrected chi connectivity index (χ4v) is 9.46. The average Bonchev–Trinajstić information content (AvgIpc) is 3.03. The van der Waals surface area contributed by atoms with Gasteiger partial charge < -0.3 is 10.6 Å². The second kappa shape index (κ2) is 8.63. The van der Waals surface area contributed by atoms with Crippen LogP contribution in [0.5, 0.6) is 0 Å². The summed E-state index contributed by atoms with van der Waals surface area (Å²) in [5, 5.41) is 6.29. The summed E-state index contributed by atoms with van der Waals surface area (Å²) < 4.78 is 28.5. The SMILES string of the molecule is CC(=O)NC12C[C@H]3C[C@H](C1)CC(C(=O)Nc1ccc(C)c(S(=O)(=O)N4CCCCCC4)c1)(C3)C2. The summed E-state index contributed by atoms with van der Waals surface area (Å²) in [6, 6.07) is 5.23. The lowest BCUT2D eigenvalue weighted by Gasteiger charge is -2.61. The molecule has 2 N–H and O–H groups in total. The summed E-state index contributed by atoms with van der Waals surface area (Å²) in [6.45, 7) is 4.47. The minimum atomic E-state index is -3.61. The number of benzene rings is 1. The molecule has 0 unspecified atom stereocenters. The van der Waals surface area contributed by atoms with Crippen molar-refractivity contribution in [3.63, 3.8) is 0 Å². The van der Waals surface area contributed by atoms with Gasteiger partial charge in [0.1, 0.15) is 0 Å². The maximum atomic E-state index is 13.7. The number of nitrogens with zero attached hydrogens (tertiary/aromatic N) is 1. The topological polar surface area (TPSA) is 95.6 Å². The zero-order chi connectivity index (χ0) is 24.1. The van der Waals surface area contributed by atoms with E-state index in [0.717, 1.165) is 57.8 Å². The molecule has 4 saturated carbocycles. The van der Waals surface area contributed by atoms with Gasteiger partial charge in [0, 0.05) is 31.2 Å². The predicted molar refractivity (Wildman–Crippen MR) is 131 cm³/mol. The van der Waals surface area contributed by atoms with Crippen LogP contribution in [0.15, 0.2) is 23.1 Å². The Labute approximate surface area is 203 Å². The van der Waals surface area contributed by atoms with Crippen LogP contribution in [0.25, 0.3) is 0 Å². The molecule has 1 aliphatic heterocycles. The first-order valence-electron chi connectivity index (χ1n) is 12.8. The minimum Gasteiger partial charge on any atom is -0.351 e. The molecule has 2 amide bonds. The van der Waals surface area contributed by atoms with E-state index in [9.17, 15) is 18.0 Å². The fourth-order valence-electron chi connectivity index (χ4n) is 7.69. The van der Waals surface area contributed by atoms with E-state index in [2.05, 4.69) is 10.6 Å². The largest absolute Gasteiger partial charge is 0.351 e. The van der Waals surface area contributed by atoms with E-state index in [0.29, 0.717) is 42.6 Å². The lowest BCUT2D eigenvalue weighted by Crippen LogP contribution is -2.65. The monoisotopic (exact) mass is 487 g/mol. The summed E-state index contributed by atoms with van der Waals surface area (Å²) in [6.07, 6.45) is 9.31. The number of carbonyl (C=O) groups is 2. The van der Waals surface area contributed by atoms with Crippen LogP contribution < -0.4 is 10.6 Å². The Kier molecular flexibility index (Phi) is 6.04. The molecule has 5 fully saturated rings. The summed E-state index contributed by atoms with van der Waals surface area (Å²) >= 11 is 0. The standard InChI is InChI=1S/C26H37N3O4S/c1-18-7-8-22(12-23(18)34(32,33)29-9-5-3-4-6-10-29)27-24(31)25-13-20-11-21(14-25)16-26(15-20,17-25)28-19(2)30/h7-8,12,20-21H,3-6,9-11,13-17H2,1-2H3,(H,27,31)(H,28,30)/t20-,21-,25?,26?/m0/s1. The minimum absolute atomic E-state index is 0.0283. The zero-order valence-electron chi connectivity index (χ0n) is 20.4. The Morgan fingerprint density at radius 3 is 2.26 bits per heavy atom. The number of nitrogens with one attached hydrogen (secondary N) is 2. The van der Waals surface area contributed by atoms with Gasteiger partial charge in [-0.2, -0.15) is 4.31 Å². The molecule has 0 radical (unpaired) electrons. The number of hydrogen-bond acceptors (Lipinski definition) is 4. The molecule has 1 aromatic rings. The van der Waals surface area contributed by atoms with Crippen molar-refractivity contribution in [1.82, 2.24) is 9.62 Å². The third-order valence-corrected chi connectivity index (χ3v) is 10.7. The lowest BCUT2D eigenvalue weighted by molar-refractivity contribution is -0.148. The third kappa shape index (κ3) is 4.28. The van der Waals surface area contributed by atoms with E-state index >= 15 is 0 Å². The molecule has 186 valence electrons. The van der Waals surface area contributed by atoms with Crippen molar-refractivity contribution in [3.8, 4) is 0 Å². The molecule has 1 saturated heterocycles. The maximum Gasteiger partial charge on any atom is 0.243 e. The van der Waals surface area contributed by atoms with Gasteiger partial charge in [-0.25, -0.2) is 8.42 Å². The van der Waals surface area contributed by atoms with Crippen molar-refractivity contribution in [2.75, 3.05) is 18.4 Å². The van der Waals surface area contributed by atoms with E-state index in [1.54, 1.807) is 29.4 Å². The van der Waals surface area contributed by atoms with Crippen LogP contribution in [-0.2, 0) is 19.6 Å². The highest BCUT2D eigenvalue weighted by Crippen LogP contribution is 2.62. The van der Waals surface area contributed by atoms with Crippen LogP contribution >= 0.6 is 0 Å². The van der Waals surface area contributed by atoms with E-state index in [-0.39, 0.29) is 22.2 Å². The molecule has 1 aromatic carbocycles. The molecule has 4 aliphatic carbocycles. The second-order valence-electron chi connectivity index (χ2n) is 11.5. The first kappa shape index (κ1) is 23.8. The molecule has 0 aromatic heterocycles. The van der Waals surface area contributed by atoms with Crippen molar-refractivity contribution in [2.45, 2.75) is 88.5 Å². The number of aryl methyl sites for hydroxylation is 1.